The molecule has 32 heavy (non-hydrogen) atoms. The largest absolute Gasteiger partial charge is 0.457 e. The molecule has 5 atom stereocenters. The maximum atomic E-state index is 12.1. The summed E-state index contributed by atoms with van der Waals surface area (Å²) in [5.74, 6) is -0.556. The van der Waals surface area contributed by atoms with Crippen LogP contribution in [0.25, 0.3) is 0 Å². The van der Waals surface area contributed by atoms with Crippen LogP contribution in [0.1, 0.15) is 39.3 Å². The number of hydrogen-bond donors (Lipinski definition) is 5. The fourth-order valence-electron chi connectivity index (χ4n) is 3.69. The van der Waals surface area contributed by atoms with Crippen molar-refractivity contribution in [2.24, 2.45) is 5.92 Å². The van der Waals surface area contributed by atoms with Crippen LogP contribution in [0, 0.1) is 5.92 Å². The second kappa shape index (κ2) is 10.1. The Hall–Kier alpha value is -2.98. The van der Waals surface area contributed by atoms with Crippen molar-refractivity contribution in [2.45, 2.75) is 31.3 Å². The van der Waals surface area contributed by atoms with Gasteiger partial charge in [0.25, 0.3) is 11.8 Å². The molecule has 3 rings (SSSR count). The van der Waals surface area contributed by atoms with Gasteiger partial charge in [0.15, 0.2) is 0 Å². The third-order valence-corrected chi connectivity index (χ3v) is 5.58. The molecule has 9 heteroatoms. The zero-order chi connectivity index (χ0) is 23.4. The molecule has 0 spiro atoms. The second-order valence-electron chi connectivity index (χ2n) is 7.70. The molecule has 1 heterocycles. The molecule has 5 N–H and O–H groups in total. The van der Waals surface area contributed by atoms with Crippen molar-refractivity contribution in [1.82, 2.24) is 10.6 Å². The van der Waals surface area contributed by atoms with Crippen molar-refractivity contribution in [2.75, 3.05) is 20.7 Å². The first kappa shape index (κ1) is 23.7. The Bertz CT molecular complexity index is 944. The van der Waals surface area contributed by atoms with E-state index in [1.54, 1.807) is 31.2 Å². The Kier molecular flexibility index (Phi) is 7.47. The second-order valence-corrected chi connectivity index (χ2v) is 7.70. The summed E-state index contributed by atoms with van der Waals surface area (Å²) in [5, 5.41) is 35.3. The van der Waals surface area contributed by atoms with E-state index in [1.165, 1.54) is 32.3 Å². The van der Waals surface area contributed by atoms with Gasteiger partial charge >= 0.3 is 0 Å². The molecule has 1 aliphatic rings. The van der Waals surface area contributed by atoms with Gasteiger partial charge in [-0.05, 0) is 35.9 Å². The Labute approximate surface area is 186 Å². The lowest BCUT2D eigenvalue weighted by Crippen LogP contribution is -2.50. The lowest BCUT2D eigenvalue weighted by molar-refractivity contribution is -0.207. The topological polar surface area (TPSA) is 137 Å². The zero-order valence-corrected chi connectivity index (χ0v) is 18.1. The number of benzene rings is 2. The Morgan fingerprint density at radius 3 is 2.16 bits per heavy atom. The molecule has 1 unspecified atom stereocenters. The van der Waals surface area contributed by atoms with E-state index >= 15 is 0 Å². The van der Waals surface area contributed by atoms with Crippen LogP contribution < -0.4 is 15.4 Å². The molecule has 1 fully saturated rings. The van der Waals surface area contributed by atoms with Crippen LogP contribution >= 0.6 is 0 Å². The van der Waals surface area contributed by atoms with Gasteiger partial charge in [0.1, 0.15) is 23.7 Å². The zero-order valence-electron chi connectivity index (χ0n) is 18.1. The summed E-state index contributed by atoms with van der Waals surface area (Å²) < 4.78 is 11.7. The Morgan fingerprint density at radius 1 is 0.969 bits per heavy atom. The van der Waals surface area contributed by atoms with Crippen molar-refractivity contribution >= 4 is 11.8 Å². The van der Waals surface area contributed by atoms with Crippen molar-refractivity contribution in [3.8, 4) is 11.5 Å². The molecule has 2 aromatic carbocycles. The van der Waals surface area contributed by atoms with Crippen molar-refractivity contribution < 1.29 is 34.4 Å². The van der Waals surface area contributed by atoms with Gasteiger partial charge < -0.3 is 35.4 Å². The summed E-state index contributed by atoms with van der Waals surface area (Å²) in [6.45, 7) is 1.32. The van der Waals surface area contributed by atoms with Gasteiger partial charge in [0.05, 0.1) is 18.8 Å². The normalized spacial score (nSPS) is 25.1. The van der Waals surface area contributed by atoms with Crippen LogP contribution in [0.4, 0.5) is 0 Å². The number of aliphatic hydroxyl groups excluding tert-OH is 3. The van der Waals surface area contributed by atoms with Crippen molar-refractivity contribution in [1.29, 1.82) is 0 Å². The van der Waals surface area contributed by atoms with Gasteiger partial charge in [-0.1, -0.05) is 19.1 Å². The number of nitrogens with one attached hydrogen (secondary N) is 2. The van der Waals surface area contributed by atoms with E-state index in [0.717, 1.165) is 0 Å². The first-order valence-electron chi connectivity index (χ1n) is 10.3. The third kappa shape index (κ3) is 4.91. The molecule has 0 aromatic heterocycles. The molecular formula is C23H28N2O7. The summed E-state index contributed by atoms with van der Waals surface area (Å²) in [7, 11) is 2.98. The molecule has 0 aliphatic carbocycles. The first-order chi connectivity index (χ1) is 15.3. The highest BCUT2D eigenvalue weighted by molar-refractivity contribution is 6.00. The maximum Gasteiger partial charge on any atom is 0.251 e. The van der Waals surface area contributed by atoms with E-state index in [0.29, 0.717) is 11.3 Å². The fraction of sp³-hybridized carbons (Fsp3) is 0.391. The van der Waals surface area contributed by atoms with Gasteiger partial charge in [0, 0.05) is 31.1 Å². The molecule has 0 bridgehead atoms. The quantitative estimate of drug-likeness (QED) is 0.448. The van der Waals surface area contributed by atoms with Crippen molar-refractivity contribution in [3.63, 3.8) is 0 Å². The fourth-order valence-corrected chi connectivity index (χ4v) is 3.69. The molecule has 2 aromatic rings. The number of amides is 2. The van der Waals surface area contributed by atoms with Gasteiger partial charge in [0.2, 0.25) is 0 Å². The number of hydrogen-bond acceptors (Lipinski definition) is 7. The molecule has 1 aliphatic heterocycles. The average Bonchev–Trinajstić information content (AvgIpc) is 2.81. The highest BCUT2D eigenvalue weighted by Crippen LogP contribution is 2.37. The first-order valence-corrected chi connectivity index (χ1v) is 10.3. The van der Waals surface area contributed by atoms with E-state index < -0.39 is 30.3 Å². The minimum Gasteiger partial charge on any atom is -0.457 e. The predicted octanol–water partition coefficient (Wildman–Crippen LogP) is 0.988. The van der Waals surface area contributed by atoms with Crippen LogP contribution in [0.2, 0.25) is 0 Å². The number of ether oxygens (including phenoxy) is 2. The molecular weight excluding hydrogens is 416 g/mol. The van der Waals surface area contributed by atoms with Crippen molar-refractivity contribution in [3.05, 3.63) is 59.2 Å². The van der Waals surface area contributed by atoms with Gasteiger partial charge in [-0.15, -0.1) is 0 Å². The smallest absolute Gasteiger partial charge is 0.251 e. The maximum absolute atomic E-state index is 12.1. The SMILES string of the molecule is CNC(=O)c1cc(Oc2cccc([C@H]3O[C@H](CO)[C@@H](O)[C@H](C)C3O)c2)cc(C(=O)NC)c1. The lowest BCUT2D eigenvalue weighted by Gasteiger charge is -2.41. The molecule has 0 radical (unpaired) electrons. The predicted molar refractivity (Wildman–Crippen MR) is 116 cm³/mol. The summed E-state index contributed by atoms with van der Waals surface area (Å²) >= 11 is 0. The van der Waals surface area contributed by atoms with Crippen LogP contribution in [-0.4, -0.2) is 66.1 Å². The highest BCUT2D eigenvalue weighted by atomic mass is 16.5. The molecule has 172 valence electrons. The number of carbonyl (C=O) groups is 2. The molecule has 1 saturated heterocycles. The summed E-state index contributed by atoms with van der Waals surface area (Å²) in [5.41, 5.74) is 1.12. The standard InChI is InChI=1S/C23H28N2O7/c1-12-19(27)18(11-26)32-21(20(12)28)13-5-4-6-16(8-13)31-17-9-14(22(29)24-2)7-15(10-17)23(30)25-3/h4-10,12,18-21,26-28H,11H2,1-3H3,(H,24,29)(H,25,30)/t12-,18+,19-,20?,21+/m0/s1. The van der Waals surface area contributed by atoms with Gasteiger partial charge in [-0.3, -0.25) is 9.59 Å². The van der Waals surface area contributed by atoms with Crippen LogP contribution in [-0.2, 0) is 4.74 Å². The van der Waals surface area contributed by atoms with Gasteiger partial charge in [-0.25, -0.2) is 0 Å². The van der Waals surface area contributed by atoms with E-state index in [4.69, 9.17) is 9.47 Å². The van der Waals surface area contributed by atoms with E-state index in [-0.39, 0.29) is 35.3 Å². The molecule has 0 saturated carbocycles. The summed E-state index contributed by atoms with van der Waals surface area (Å²) in [4.78, 5) is 24.2. The average molecular weight is 444 g/mol. The monoisotopic (exact) mass is 444 g/mol. The Balaban J connectivity index is 1.90. The lowest BCUT2D eigenvalue weighted by atomic mass is 9.85. The number of aliphatic hydroxyl groups is 3. The molecule has 2 amide bonds. The van der Waals surface area contributed by atoms with E-state index in [2.05, 4.69) is 10.6 Å². The summed E-state index contributed by atoms with van der Waals surface area (Å²) in [6, 6.07) is 11.3. The Morgan fingerprint density at radius 2 is 1.59 bits per heavy atom. The highest BCUT2D eigenvalue weighted by Gasteiger charge is 2.42. The van der Waals surface area contributed by atoms with Crippen LogP contribution in [0.5, 0.6) is 11.5 Å². The van der Waals surface area contributed by atoms with E-state index in [9.17, 15) is 24.9 Å². The minimum absolute atomic E-state index is 0.263. The third-order valence-electron chi connectivity index (χ3n) is 5.58. The minimum atomic E-state index is -0.987. The number of rotatable bonds is 6. The number of carbonyl (C=O) groups excluding carboxylic acids is 2. The van der Waals surface area contributed by atoms with Gasteiger partial charge in [-0.2, -0.15) is 0 Å². The van der Waals surface area contributed by atoms with E-state index in [1.807, 2.05) is 0 Å². The summed E-state index contributed by atoms with van der Waals surface area (Å²) in [6.07, 6.45) is -3.56. The van der Waals surface area contributed by atoms with Crippen LogP contribution in [0.3, 0.4) is 0 Å². The molecule has 9 nitrogen and oxygen atoms in total. The van der Waals surface area contributed by atoms with Crippen LogP contribution in [0.15, 0.2) is 42.5 Å².